The number of hydrogen-bond acceptors (Lipinski definition) is 4. The molecule has 31 heavy (non-hydrogen) atoms. The van der Waals surface area contributed by atoms with E-state index in [1.165, 1.54) is 13.8 Å². The van der Waals surface area contributed by atoms with E-state index in [4.69, 9.17) is 0 Å². The molecular formula is C23H30N4O4. The van der Waals surface area contributed by atoms with Crippen molar-refractivity contribution >= 4 is 23.4 Å². The fourth-order valence-corrected chi connectivity index (χ4v) is 4.38. The average Bonchev–Trinajstić information content (AvgIpc) is 3.40. The van der Waals surface area contributed by atoms with Gasteiger partial charge in [0.1, 0.15) is 11.4 Å². The van der Waals surface area contributed by atoms with Crippen LogP contribution >= 0.6 is 0 Å². The third-order valence-electron chi connectivity index (χ3n) is 6.02. The summed E-state index contributed by atoms with van der Waals surface area (Å²) in [6.07, 6.45) is 1.97. The Morgan fingerprint density at radius 1 is 0.839 bits per heavy atom. The summed E-state index contributed by atoms with van der Waals surface area (Å²) in [4.78, 5) is 55.3. The number of aromatic amines is 2. The maximum absolute atomic E-state index is 12.9. The molecule has 2 heterocycles. The molecule has 1 aliphatic carbocycles. The smallest absolute Gasteiger partial charge is 0.268 e. The zero-order chi connectivity index (χ0) is 23.0. The molecule has 2 aromatic heterocycles. The molecule has 0 saturated heterocycles. The molecule has 166 valence electrons. The molecule has 2 amide bonds. The lowest BCUT2D eigenvalue weighted by atomic mass is 10.1. The van der Waals surface area contributed by atoms with E-state index in [0.29, 0.717) is 50.9 Å². The van der Waals surface area contributed by atoms with E-state index in [2.05, 4.69) is 20.6 Å². The summed E-state index contributed by atoms with van der Waals surface area (Å²) in [6, 6.07) is -0.219. The lowest BCUT2D eigenvalue weighted by Crippen LogP contribution is -2.45. The first-order valence-electron chi connectivity index (χ1n) is 10.5. The minimum Gasteiger partial charge on any atom is -0.354 e. The second kappa shape index (κ2) is 8.53. The number of nitrogens with one attached hydrogen (secondary N) is 4. The molecule has 1 unspecified atom stereocenters. The van der Waals surface area contributed by atoms with Gasteiger partial charge in [-0.3, -0.25) is 19.2 Å². The van der Waals surface area contributed by atoms with Gasteiger partial charge in [-0.2, -0.15) is 0 Å². The van der Waals surface area contributed by atoms with Gasteiger partial charge in [-0.25, -0.2) is 0 Å². The number of Topliss-reactive ketones (excluding diaryl/α,β-unsaturated/α-hetero) is 2. The SMILES string of the molecule is CC(=O)c1c(C)[nH]c(C(=O)NCC(NC(=O)c2[nH]c(C)c(C(C)=O)c2C)C2CC2)c1C. The number of H-pyrrole nitrogens is 2. The fourth-order valence-electron chi connectivity index (χ4n) is 4.38. The van der Waals surface area contributed by atoms with Crippen LogP contribution in [0.2, 0.25) is 0 Å². The molecule has 8 nitrogen and oxygen atoms in total. The van der Waals surface area contributed by atoms with Crippen LogP contribution in [0.4, 0.5) is 0 Å². The largest absolute Gasteiger partial charge is 0.354 e. The number of carbonyl (C=O) groups excluding carboxylic acids is 4. The van der Waals surface area contributed by atoms with Gasteiger partial charge in [0, 0.05) is 35.1 Å². The average molecular weight is 427 g/mol. The molecule has 0 aromatic carbocycles. The normalized spacial score (nSPS) is 14.3. The number of amides is 2. The van der Waals surface area contributed by atoms with Crippen molar-refractivity contribution in [3.05, 3.63) is 45.0 Å². The molecule has 2 aromatic rings. The van der Waals surface area contributed by atoms with Crippen molar-refractivity contribution < 1.29 is 19.2 Å². The van der Waals surface area contributed by atoms with Gasteiger partial charge >= 0.3 is 0 Å². The lowest BCUT2D eigenvalue weighted by Gasteiger charge is -2.19. The number of aromatic nitrogens is 2. The minimum atomic E-state index is -0.307. The van der Waals surface area contributed by atoms with Crippen molar-refractivity contribution in [1.29, 1.82) is 0 Å². The maximum Gasteiger partial charge on any atom is 0.268 e. The molecule has 3 rings (SSSR count). The highest BCUT2D eigenvalue weighted by atomic mass is 16.2. The van der Waals surface area contributed by atoms with Crippen LogP contribution in [0.5, 0.6) is 0 Å². The summed E-state index contributed by atoms with van der Waals surface area (Å²) < 4.78 is 0. The standard InChI is InChI=1S/C23H30N4O4/c1-10-18(14(5)28)12(3)25-20(10)22(30)24-9-17(16-7-8-16)27-23(31)21-11(2)19(15(6)29)13(4)26-21/h16-17,25-26H,7-9H2,1-6H3,(H,24,30)(H,27,31). The number of aryl methyl sites for hydroxylation is 2. The molecule has 0 spiro atoms. The van der Waals surface area contributed by atoms with Gasteiger partial charge in [0.2, 0.25) is 0 Å². The topological polar surface area (TPSA) is 124 Å². The first-order chi connectivity index (χ1) is 14.5. The quantitative estimate of drug-likeness (QED) is 0.485. The first kappa shape index (κ1) is 22.5. The summed E-state index contributed by atoms with van der Waals surface area (Å²) >= 11 is 0. The van der Waals surface area contributed by atoms with Gasteiger partial charge in [0.25, 0.3) is 11.8 Å². The van der Waals surface area contributed by atoms with E-state index in [-0.39, 0.29) is 36.0 Å². The second-order valence-corrected chi connectivity index (χ2v) is 8.49. The van der Waals surface area contributed by atoms with Gasteiger partial charge in [-0.05, 0) is 71.4 Å². The molecule has 1 aliphatic rings. The van der Waals surface area contributed by atoms with Crippen molar-refractivity contribution in [2.75, 3.05) is 6.54 Å². The summed E-state index contributed by atoms with van der Waals surface area (Å²) in [6.45, 7) is 10.3. The van der Waals surface area contributed by atoms with Crippen molar-refractivity contribution in [1.82, 2.24) is 20.6 Å². The van der Waals surface area contributed by atoms with Crippen LogP contribution in [0.25, 0.3) is 0 Å². The molecule has 8 heteroatoms. The Kier molecular flexibility index (Phi) is 6.20. The van der Waals surface area contributed by atoms with Crippen LogP contribution in [0.15, 0.2) is 0 Å². The number of rotatable bonds is 8. The Morgan fingerprint density at radius 3 is 1.68 bits per heavy atom. The van der Waals surface area contributed by atoms with Crippen LogP contribution in [0.3, 0.4) is 0 Å². The van der Waals surface area contributed by atoms with Crippen molar-refractivity contribution in [3.8, 4) is 0 Å². The Balaban J connectivity index is 1.71. The summed E-state index contributed by atoms with van der Waals surface area (Å²) in [7, 11) is 0. The van der Waals surface area contributed by atoms with Gasteiger partial charge in [0.15, 0.2) is 11.6 Å². The van der Waals surface area contributed by atoms with Crippen LogP contribution in [0, 0.1) is 33.6 Å². The zero-order valence-corrected chi connectivity index (χ0v) is 18.9. The van der Waals surface area contributed by atoms with Gasteiger partial charge in [0.05, 0.1) is 0 Å². The van der Waals surface area contributed by atoms with Gasteiger partial charge in [-0.15, -0.1) is 0 Å². The second-order valence-electron chi connectivity index (χ2n) is 8.49. The predicted octanol–water partition coefficient (Wildman–Crippen LogP) is 2.92. The van der Waals surface area contributed by atoms with E-state index >= 15 is 0 Å². The molecular weight excluding hydrogens is 396 g/mol. The highest BCUT2D eigenvalue weighted by molar-refractivity contribution is 6.03. The Labute approximate surface area is 181 Å². The lowest BCUT2D eigenvalue weighted by molar-refractivity contribution is 0.0898. The summed E-state index contributed by atoms with van der Waals surface area (Å²) in [5.41, 5.74) is 4.42. The summed E-state index contributed by atoms with van der Waals surface area (Å²) in [5.74, 6) is -0.469. The van der Waals surface area contributed by atoms with Crippen LogP contribution in [-0.4, -0.2) is 45.9 Å². The van der Waals surface area contributed by atoms with Gasteiger partial charge < -0.3 is 20.6 Å². The van der Waals surface area contributed by atoms with Gasteiger partial charge in [-0.1, -0.05) is 0 Å². The van der Waals surface area contributed by atoms with E-state index < -0.39 is 0 Å². The number of hydrogen-bond donors (Lipinski definition) is 4. The predicted molar refractivity (Wildman–Crippen MR) is 117 cm³/mol. The molecule has 1 fully saturated rings. The molecule has 0 aliphatic heterocycles. The van der Waals surface area contributed by atoms with Crippen LogP contribution in [-0.2, 0) is 0 Å². The number of ketones is 2. The van der Waals surface area contributed by atoms with E-state index in [1.54, 1.807) is 27.7 Å². The van der Waals surface area contributed by atoms with Crippen molar-refractivity contribution in [3.63, 3.8) is 0 Å². The maximum atomic E-state index is 12.9. The monoisotopic (exact) mass is 426 g/mol. The summed E-state index contributed by atoms with van der Waals surface area (Å²) in [5, 5.41) is 5.90. The minimum absolute atomic E-state index is 0.0853. The van der Waals surface area contributed by atoms with E-state index in [1.807, 2.05) is 0 Å². The zero-order valence-electron chi connectivity index (χ0n) is 18.9. The highest BCUT2D eigenvalue weighted by Crippen LogP contribution is 2.33. The first-order valence-corrected chi connectivity index (χ1v) is 10.5. The molecule has 1 atom stereocenters. The molecule has 0 radical (unpaired) electrons. The van der Waals surface area contributed by atoms with E-state index in [0.717, 1.165) is 12.8 Å². The fraction of sp³-hybridized carbons (Fsp3) is 0.478. The molecule has 4 N–H and O–H groups in total. The Hall–Kier alpha value is -3.16. The van der Waals surface area contributed by atoms with Crippen LogP contribution < -0.4 is 10.6 Å². The number of carbonyl (C=O) groups is 4. The Bertz CT molecular complexity index is 1070. The third kappa shape index (κ3) is 4.47. The highest BCUT2D eigenvalue weighted by Gasteiger charge is 2.34. The van der Waals surface area contributed by atoms with E-state index in [9.17, 15) is 19.2 Å². The third-order valence-corrected chi connectivity index (χ3v) is 6.02. The Morgan fingerprint density at radius 2 is 1.29 bits per heavy atom. The van der Waals surface area contributed by atoms with Crippen molar-refractivity contribution in [2.24, 2.45) is 5.92 Å². The van der Waals surface area contributed by atoms with Crippen molar-refractivity contribution in [2.45, 2.75) is 60.4 Å². The molecule has 0 bridgehead atoms. The van der Waals surface area contributed by atoms with Crippen LogP contribution in [0.1, 0.15) is 90.9 Å². The molecule has 1 saturated carbocycles.